The van der Waals surface area contributed by atoms with Gasteiger partial charge in [-0.2, -0.15) is 0 Å². The fraction of sp³-hybridized carbons (Fsp3) is 0.500. The van der Waals surface area contributed by atoms with Crippen LogP contribution in [0.15, 0.2) is 28.7 Å². The number of aliphatic hydroxyl groups excluding tert-OH is 1. The largest absolute Gasteiger partial charge is 0.392 e. The van der Waals surface area contributed by atoms with Gasteiger partial charge in [0.15, 0.2) is 5.78 Å². The van der Waals surface area contributed by atoms with Crippen molar-refractivity contribution < 1.29 is 9.90 Å². The smallest absolute Gasteiger partial charge is 0.162 e. The van der Waals surface area contributed by atoms with Crippen LogP contribution in [-0.2, 0) is 0 Å². The molecule has 1 aliphatic rings. The third-order valence-corrected chi connectivity index (χ3v) is 3.82. The molecular formula is C14H18BrNO2. The highest BCUT2D eigenvalue weighted by atomic mass is 79.9. The van der Waals surface area contributed by atoms with E-state index in [9.17, 15) is 9.90 Å². The number of Topliss-reactive ketones (excluding diaryl/α,β-unsaturated/α-hetero) is 1. The summed E-state index contributed by atoms with van der Waals surface area (Å²) in [7, 11) is 0. The third-order valence-electron chi connectivity index (χ3n) is 3.29. The van der Waals surface area contributed by atoms with Gasteiger partial charge in [-0.3, -0.25) is 4.79 Å². The molecule has 1 aromatic rings. The normalized spacial score (nSPS) is 20.2. The number of β-amino-alcohol motifs (C(OH)–C–C–N with tert-alkyl or cyclic N) is 1. The van der Waals surface area contributed by atoms with E-state index in [0.717, 1.165) is 42.5 Å². The summed E-state index contributed by atoms with van der Waals surface area (Å²) in [6.07, 6.45) is 2.13. The van der Waals surface area contributed by atoms with Gasteiger partial charge in [0.25, 0.3) is 0 Å². The lowest BCUT2D eigenvalue weighted by Gasteiger charge is -2.13. The zero-order valence-corrected chi connectivity index (χ0v) is 11.9. The van der Waals surface area contributed by atoms with Crippen LogP contribution < -0.4 is 0 Å². The number of aliphatic hydroxyl groups is 1. The van der Waals surface area contributed by atoms with Crippen molar-refractivity contribution in [3.63, 3.8) is 0 Å². The molecule has 0 aliphatic carbocycles. The molecule has 4 heteroatoms. The summed E-state index contributed by atoms with van der Waals surface area (Å²) in [6, 6.07) is 7.49. The predicted octanol–water partition coefficient (Wildman–Crippen LogP) is 2.48. The summed E-state index contributed by atoms with van der Waals surface area (Å²) in [4.78, 5) is 14.1. The van der Waals surface area contributed by atoms with E-state index >= 15 is 0 Å². The Morgan fingerprint density at radius 3 is 2.72 bits per heavy atom. The van der Waals surface area contributed by atoms with Crippen molar-refractivity contribution in [3.8, 4) is 0 Å². The fourth-order valence-electron chi connectivity index (χ4n) is 2.26. The van der Waals surface area contributed by atoms with Gasteiger partial charge in [-0.1, -0.05) is 28.1 Å². The van der Waals surface area contributed by atoms with Gasteiger partial charge in [0.1, 0.15) is 0 Å². The van der Waals surface area contributed by atoms with Gasteiger partial charge in [-0.15, -0.1) is 0 Å². The maximum Gasteiger partial charge on any atom is 0.162 e. The van der Waals surface area contributed by atoms with Crippen LogP contribution in [0.5, 0.6) is 0 Å². The molecule has 1 aliphatic heterocycles. The SMILES string of the molecule is O=C(CCCN1CCC(O)C1)c1ccc(Br)cc1. The molecule has 1 atom stereocenters. The van der Waals surface area contributed by atoms with Crippen molar-refractivity contribution in [2.45, 2.75) is 25.4 Å². The van der Waals surface area contributed by atoms with Crippen molar-refractivity contribution in [2.24, 2.45) is 0 Å². The fourth-order valence-corrected chi connectivity index (χ4v) is 2.52. The summed E-state index contributed by atoms with van der Waals surface area (Å²) in [5.41, 5.74) is 0.777. The first kappa shape index (κ1) is 13.7. The second-order valence-corrected chi connectivity index (χ2v) is 5.69. The lowest BCUT2D eigenvalue weighted by atomic mass is 10.1. The minimum absolute atomic E-state index is 0.174. The molecule has 1 aromatic carbocycles. The van der Waals surface area contributed by atoms with E-state index in [1.54, 1.807) is 0 Å². The van der Waals surface area contributed by atoms with Crippen molar-refractivity contribution in [3.05, 3.63) is 34.3 Å². The number of carbonyl (C=O) groups excluding carboxylic acids is 1. The Balaban J connectivity index is 1.73. The second-order valence-electron chi connectivity index (χ2n) is 4.78. The van der Waals surface area contributed by atoms with Gasteiger partial charge in [-0.25, -0.2) is 0 Å². The van der Waals surface area contributed by atoms with Crippen molar-refractivity contribution in [1.82, 2.24) is 4.90 Å². The molecule has 18 heavy (non-hydrogen) atoms. The summed E-state index contributed by atoms with van der Waals surface area (Å²) in [6.45, 7) is 2.61. The van der Waals surface area contributed by atoms with E-state index in [1.807, 2.05) is 24.3 Å². The van der Waals surface area contributed by atoms with Crippen LogP contribution in [0.25, 0.3) is 0 Å². The van der Waals surface area contributed by atoms with Crippen molar-refractivity contribution in [2.75, 3.05) is 19.6 Å². The highest BCUT2D eigenvalue weighted by Gasteiger charge is 2.19. The van der Waals surface area contributed by atoms with Gasteiger partial charge in [0, 0.05) is 29.5 Å². The van der Waals surface area contributed by atoms with E-state index < -0.39 is 0 Å². The topological polar surface area (TPSA) is 40.5 Å². The molecule has 3 nitrogen and oxygen atoms in total. The van der Waals surface area contributed by atoms with Crippen LogP contribution in [0.3, 0.4) is 0 Å². The van der Waals surface area contributed by atoms with Crippen molar-refractivity contribution >= 4 is 21.7 Å². The Morgan fingerprint density at radius 2 is 2.11 bits per heavy atom. The standard InChI is InChI=1S/C14H18BrNO2/c15-12-5-3-11(4-6-12)14(18)2-1-8-16-9-7-13(17)10-16/h3-6,13,17H,1-2,7-10H2. The number of hydrogen-bond acceptors (Lipinski definition) is 3. The van der Waals surface area contributed by atoms with Crippen molar-refractivity contribution in [1.29, 1.82) is 0 Å². The summed E-state index contributed by atoms with van der Waals surface area (Å²) >= 11 is 3.36. The maximum atomic E-state index is 11.9. The number of halogens is 1. The molecule has 0 bridgehead atoms. The number of benzene rings is 1. The maximum absolute atomic E-state index is 11.9. The molecule has 1 saturated heterocycles. The van der Waals surface area contributed by atoms with E-state index in [2.05, 4.69) is 20.8 Å². The molecule has 0 saturated carbocycles. The number of likely N-dealkylation sites (tertiary alicyclic amines) is 1. The quantitative estimate of drug-likeness (QED) is 0.849. The molecule has 1 heterocycles. The summed E-state index contributed by atoms with van der Waals surface area (Å²) in [5.74, 6) is 0.197. The molecule has 0 amide bonds. The van der Waals surface area contributed by atoms with Gasteiger partial charge in [0.2, 0.25) is 0 Å². The first-order valence-electron chi connectivity index (χ1n) is 6.34. The Morgan fingerprint density at radius 1 is 1.39 bits per heavy atom. The molecule has 0 spiro atoms. The van der Waals surface area contributed by atoms with Gasteiger partial charge in [-0.05, 0) is 31.5 Å². The Kier molecular flexibility index (Phi) is 4.92. The van der Waals surface area contributed by atoms with Crippen LogP contribution in [0.1, 0.15) is 29.6 Å². The molecule has 1 fully saturated rings. The summed E-state index contributed by atoms with van der Waals surface area (Å²) in [5, 5.41) is 9.40. The number of rotatable bonds is 5. The van der Waals surface area contributed by atoms with Gasteiger partial charge in [0.05, 0.1) is 6.10 Å². The van der Waals surface area contributed by atoms with Gasteiger partial charge >= 0.3 is 0 Å². The van der Waals surface area contributed by atoms with E-state index in [0.29, 0.717) is 6.42 Å². The zero-order chi connectivity index (χ0) is 13.0. The van der Waals surface area contributed by atoms with Gasteiger partial charge < -0.3 is 10.0 Å². The van der Waals surface area contributed by atoms with Crippen LogP contribution in [-0.4, -0.2) is 41.5 Å². The minimum atomic E-state index is -0.174. The molecule has 1 N–H and O–H groups in total. The van der Waals surface area contributed by atoms with Crippen LogP contribution in [0.2, 0.25) is 0 Å². The van der Waals surface area contributed by atoms with E-state index in [-0.39, 0.29) is 11.9 Å². The Hall–Kier alpha value is -0.710. The number of ketones is 1. The average Bonchev–Trinajstić information content (AvgIpc) is 2.76. The minimum Gasteiger partial charge on any atom is -0.392 e. The molecule has 2 rings (SSSR count). The van der Waals surface area contributed by atoms with Crippen LogP contribution in [0, 0.1) is 0 Å². The lowest BCUT2D eigenvalue weighted by molar-refractivity contribution is 0.0975. The molecule has 1 unspecified atom stereocenters. The Bertz CT molecular complexity index is 405. The highest BCUT2D eigenvalue weighted by Crippen LogP contribution is 2.14. The summed E-state index contributed by atoms with van der Waals surface area (Å²) < 4.78 is 0.991. The molecule has 98 valence electrons. The first-order chi connectivity index (χ1) is 8.65. The Labute approximate surface area is 116 Å². The molecule has 0 aromatic heterocycles. The van der Waals surface area contributed by atoms with Crippen LogP contribution in [0.4, 0.5) is 0 Å². The molecule has 0 radical (unpaired) electrons. The second kappa shape index (κ2) is 6.45. The predicted molar refractivity (Wildman–Crippen MR) is 74.8 cm³/mol. The third kappa shape index (κ3) is 3.90. The van der Waals surface area contributed by atoms with Crippen LogP contribution >= 0.6 is 15.9 Å². The molecular weight excluding hydrogens is 294 g/mol. The van der Waals surface area contributed by atoms with E-state index in [4.69, 9.17) is 0 Å². The zero-order valence-electron chi connectivity index (χ0n) is 10.3. The first-order valence-corrected chi connectivity index (χ1v) is 7.13. The lowest BCUT2D eigenvalue weighted by Crippen LogP contribution is -2.23. The number of nitrogens with zero attached hydrogens (tertiary/aromatic N) is 1. The van der Waals surface area contributed by atoms with E-state index in [1.165, 1.54) is 0 Å². The number of carbonyl (C=O) groups is 1. The average molecular weight is 312 g/mol. The monoisotopic (exact) mass is 311 g/mol. The highest BCUT2D eigenvalue weighted by molar-refractivity contribution is 9.10. The number of hydrogen-bond donors (Lipinski definition) is 1.